The van der Waals surface area contributed by atoms with Crippen LogP contribution < -0.4 is 25.0 Å². The summed E-state index contributed by atoms with van der Waals surface area (Å²) in [6, 6.07) is 18.8. The minimum absolute atomic E-state index is 0.0444. The number of methoxy groups -OCH3 is 1. The van der Waals surface area contributed by atoms with Crippen LogP contribution >= 0.6 is 0 Å². The number of anilines is 2. The third-order valence-electron chi connectivity index (χ3n) is 5.56. The van der Waals surface area contributed by atoms with Gasteiger partial charge < -0.3 is 25.0 Å². The van der Waals surface area contributed by atoms with Crippen molar-refractivity contribution in [1.82, 2.24) is 20.3 Å². The number of para-hydroxylation sites is 1. The Morgan fingerprint density at radius 2 is 1.97 bits per heavy atom. The van der Waals surface area contributed by atoms with Crippen LogP contribution in [0, 0.1) is 0 Å². The first-order valence-corrected chi connectivity index (χ1v) is 10.9. The quantitative estimate of drug-likeness (QED) is 0.438. The Labute approximate surface area is 196 Å². The summed E-state index contributed by atoms with van der Waals surface area (Å²) in [5, 5.41) is 6.91. The van der Waals surface area contributed by atoms with E-state index in [1.807, 2.05) is 42.5 Å². The lowest BCUT2D eigenvalue weighted by molar-refractivity contribution is 0.245. The fraction of sp³-hybridized carbons (Fsp3) is 0.200. The molecule has 9 nitrogen and oxygen atoms in total. The van der Waals surface area contributed by atoms with Crippen molar-refractivity contribution in [2.75, 3.05) is 30.4 Å². The van der Waals surface area contributed by atoms with E-state index in [-0.39, 0.29) is 18.7 Å². The van der Waals surface area contributed by atoms with Gasteiger partial charge in [0, 0.05) is 36.4 Å². The largest absolute Gasteiger partial charge is 0.493 e. The maximum atomic E-state index is 12.5. The summed E-state index contributed by atoms with van der Waals surface area (Å²) < 4.78 is 11.4. The molecule has 4 aromatic rings. The van der Waals surface area contributed by atoms with E-state index < -0.39 is 0 Å². The van der Waals surface area contributed by atoms with E-state index in [0.29, 0.717) is 30.3 Å². The van der Waals surface area contributed by atoms with Crippen molar-refractivity contribution in [3.63, 3.8) is 0 Å². The highest BCUT2D eigenvalue weighted by molar-refractivity contribution is 5.90. The molecule has 1 fully saturated rings. The molecule has 0 radical (unpaired) electrons. The number of nitrogens with one attached hydrogen (secondary N) is 2. The maximum Gasteiger partial charge on any atom is 0.319 e. The van der Waals surface area contributed by atoms with E-state index in [9.17, 15) is 4.79 Å². The lowest BCUT2D eigenvalue weighted by atomic mass is 10.1. The number of urea groups is 1. The van der Waals surface area contributed by atoms with Gasteiger partial charge in [-0.05, 0) is 30.3 Å². The number of fused-ring (bicyclic) bond motifs is 1. The molecule has 0 spiro atoms. The predicted molar refractivity (Wildman–Crippen MR) is 129 cm³/mol. The van der Waals surface area contributed by atoms with E-state index in [1.165, 1.54) is 6.33 Å². The van der Waals surface area contributed by atoms with Gasteiger partial charge in [-0.25, -0.2) is 19.7 Å². The second-order valence-electron chi connectivity index (χ2n) is 7.92. The van der Waals surface area contributed by atoms with Crippen molar-refractivity contribution in [3.8, 4) is 11.5 Å². The number of hydrogen-bond acceptors (Lipinski definition) is 7. The van der Waals surface area contributed by atoms with Crippen LogP contribution in [0.1, 0.15) is 5.69 Å². The first kappa shape index (κ1) is 21.4. The molecular weight excluding hydrogens is 432 g/mol. The molecule has 0 atom stereocenters. The summed E-state index contributed by atoms with van der Waals surface area (Å²) in [7, 11) is 1.58. The zero-order valence-corrected chi connectivity index (χ0v) is 18.6. The van der Waals surface area contributed by atoms with Crippen LogP contribution in [-0.4, -0.2) is 47.2 Å². The summed E-state index contributed by atoms with van der Waals surface area (Å²) in [6.07, 6.45) is 3.22. The fourth-order valence-corrected chi connectivity index (χ4v) is 3.79. The second kappa shape index (κ2) is 9.62. The first-order valence-electron chi connectivity index (χ1n) is 10.9. The van der Waals surface area contributed by atoms with Gasteiger partial charge in [0.25, 0.3) is 0 Å². The first-order chi connectivity index (χ1) is 16.7. The molecule has 2 N–H and O–H groups in total. The number of amides is 2. The van der Waals surface area contributed by atoms with Gasteiger partial charge in [-0.15, -0.1) is 0 Å². The molecule has 172 valence electrons. The number of rotatable bonds is 7. The summed E-state index contributed by atoms with van der Waals surface area (Å²) in [5.74, 6) is 1.95. The van der Waals surface area contributed by atoms with Crippen LogP contribution in [0.4, 0.5) is 16.3 Å². The van der Waals surface area contributed by atoms with Crippen molar-refractivity contribution < 1.29 is 14.3 Å². The average molecular weight is 457 g/mol. The van der Waals surface area contributed by atoms with Gasteiger partial charge in [0.15, 0.2) is 11.5 Å². The van der Waals surface area contributed by atoms with Crippen LogP contribution in [0.3, 0.4) is 0 Å². The minimum Gasteiger partial charge on any atom is -0.493 e. The van der Waals surface area contributed by atoms with Crippen molar-refractivity contribution in [2.45, 2.75) is 12.6 Å². The predicted octanol–water partition coefficient (Wildman–Crippen LogP) is 3.62. The lowest BCUT2D eigenvalue weighted by Gasteiger charge is -2.40. The standard InChI is InChI=1S/C25H24N6O3/c1-33-22-9-8-18(29-25(32)30-20-13-31(14-20)24-10-11-26-16-27-24)12-23(22)34-15-19-7-6-17-4-2-3-5-21(17)28-19/h2-12,16,20H,13-15H2,1H3,(H2,29,30,32). The number of carbonyl (C=O) groups is 1. The van der Waals surface area contributed by atoms with Crippen molar-refractivity contribution in [2.24, 2.45) is 0 Å². The summed E-state index contributed by atoms with van der Waals surface area (Å²) >= 11 is 0. The molecule has 2 aromatic carbocycles. The van der Waals surface area contributed by atoms with E-state index in [1.54, 1.807) is 31.5 Å². The number of ether oxygens (including phenoxy) is 2. The Morgan fingerprint density at radius 3 is 2.79 bits per heavy atom. The molecule has 1 aliphatic heterocycles. The normalized spacial score (nSPS) is 13.3. The molecule has 2 amide bonds. The van der Waals surface area contributed by atoms with Gasteiger partial charge in [0.1, 0.15) is 18.8 Å². The van der Waals surface area contributed by atoms with E-state index >= 15 is 0 Å². The molecule has 0 unspecified atom stereocenters. The van der Waals surface area contributed by atoms with Gasteiger partial charge in [0.2, 0.25) is 0 Å². The molecule has 2 aromatic heterocycles. The molecule has 1 aliphatic rings. The van der Waals surface area contributed by atoms with Crippen LogP contribution in [0.2, 0.25) is 0 Å². The zero-order chi connectivity index (χ0) is 23.3. The van der Waals surface area contributed by atoms with Gasteiger partial charge in [-0.3, -0.25) is 0 Å². The SMILES string of the molecule is COc1ccc(NC(=O)NC2CN(c3ccncn3)C2)cc1OCc1ccc2ccccc2n1. The molecule has 5 rings (SSSR count). The monoisotopic (exact) mass is 456 g/mol. The highest BCUT2D eigenvalue weighted by Crippen LogP contribution is 2.31. The van der Waals surface area contributed by atoms with E-state index in [4.69, 9.17) is 9.47 Å². The zero-order valence-electron chi connectivity index (χ0n) is 18.6. The van der Waals surface area contributed by atoms with Crippen molar-refractivity contribution in [3.05, 3.63) is 78.9 Å². The molecule has 3 heterocycles. The minimum atomic E-state index is -0.278. The smallest absolute Gasteiger partial charge is 0.319 e. The summed E-state index contributed by atoms with van der Waals surface area (Å²) in [6.45, 7) is 1.66. The fourth-order valence-electron chi connectivity index (χ4n) is 3.79. The Kier molecular flexibility index (Phi) is 6.07. The highest BCUT2D eigenvalue weighted by Gasteiger charge is 2.29. The summed E-state index contributed by atoms with van der Waals surface area (Å²) in [4.78, 5) is 27.3. The Hall–Kier alpha value is -4.40. The molecule has 0 bridgehead atoms. The number of carbonyl (C=O) groups excluding carboxylic acids is 1. The number of hydrogen-bond donors (Lipinski definition) is 2. The number of benzene rings is 2. The molecular formula is C25H24N6O3. The number of nitrogens with zero attached hydrogens (tertiary/aromatic N) is 4. The Morgan fingerprint density at radius 1 is 1.09 bits per heavy atom. The average Bonchev–Trinajstić information content (AvgIpc) is 2.85. The molecule has 1 saturated heterocycles. The second-order valence-corrected chi connectivity index (χ2v) is 7.92. The molecule has 0 aliphatic carbocycles. The van der Waals surface area contributed by atoms with Crippen LogP contribution in [0.5, 0.6) is 11.5 Å². The topological polar surface area (TPSA) is 102 Å². The Balaban J connectivity index is 1.18. The van der Waals surface area contributed by atoms with Gasteiger partial charge >= 0.3 is 6.03 Å². The number of aromatic nitrogens is 3. The van der Waals surface area contributed by atoms with Gasteiger partial charge in [0.05, 0.1) is 24.4 Å². The number of pyridine rings is 1. The lowest BCUT2D eigenvalue weighted by Crippen LogP contribution is -2.60. The van der Waals surface area contributed by atoms with Crippen LogP contribution in [0.15, 0.2) is 73.2 Å². The maximum absolute atomic E-state index is 12.5. The van der Waals surface area contributed by atoms with Crippen LogP contribution in [0.25, 0.3) is 10.9 Å². The van der Waals surface area contributed by atoms with Gasteiger partial charge in [-0.1, -0.05) is 24.3 Å². The molecule has 9 heteroatoms. The van der Waals surface area contributed by atoms with E-state index in [2.05, 4.69) is 30.5 Å². The third-order valence-corrected chi connectivity index (χ3v) is 5.56. The third kappa shape index (κ3) is 4.83. The van der Waals surface area contributed by atoms with Gasteiger partial charge in [-0.2, -0.15) is 0 Å². The van der Waals surface area contributed by atoms with Crippen LogP contribution in [-0.2, 0) is 6.61 Å². The van der Waals surface area contributed by atoms with Crippen molar-refractivity contribution >= 4 is 28.4 Å². The van der Waals surface area contributed by atoms with E-state index in [0.717, 1.165) is 22.4 Å². The molecule has 0 saturated carbocycles. The highest BCUT2D eigenvalue weighted by atomic mass is 16.5. The summed E-state index contributed by atoms with van der Waals surface area (Å²) in [5.41, 5.74) is 2.32. The van der Waals surface area contributed by atoms with Crippen molar-refractivity contribution in [1.29, 1.82) is 0 Å². The molecule has 34 heavy (non-hydrogen) atoms. The Bertz CT molecular complexity index is 1290.